The highest BCUT2D eigenvalue weighted by molar-refractivity contribution is 7.21. The molecule has 0 bridgehead atoms. The first kappa shape index (κ1) is 18.2. The van der Waals surface area contributed by atoms with E-state index in [1.807, 2.05) is 16.8 Å². The number of hydrogen-bond acceptors (Lipinski definition) is 9. The van der Waals surface area contributed by atoms with Crippen molar-refractivity contribution >= 4 is 56.0 Å². The van der Waals surface area contributed by atoms with E-state index < -0.39 is 0 Å². The Morgan fingerprint density at radius 3 is 2.83 bits per heavy atom. The van der Waals surface area contributed by atoms with Crippen molar-refractivity contribution in [2.24, 2.45) is 0 Å². The van der Waals surface area contributed by atoms with Gasteiger partial charge in [0.1, 0.15) is 27.2 Å². The molecule has 5 rings (SSSR count). The number of rotatable bonds is 3. The van der Waals surface area contributed by atoms with Crippen molar-refractivity contribution in [1.29, 1.82) is 5.26 Å². The van der Waals surface area contributed by atoms with Crippen molar-refractivity contribution in [3.8, 4) is 28.7 Å². The minimum Gasteiger partial charge on any atom is -0.454 e. The van der Waals surface area contributed by atoms with Crippen molar-refractivity contribution < 1.29 is 14.3 Å². The van der Waals surface area contributed by atoms with Crippen LogP contribution < -0.4 is 26.3 Å². The number of carbonyl (C=O) groups excluding carboxylic acids is 1. The number of nitrogens with two attached hydrogens (primary N) is 2. The van der Waals surface area contributed by atoms with Crippen LogP contribution in [0, 0.1) is 11.3 Å². The van der Waals surface area contributed by atoms with Crippen LogP contribution in [-0.4, -0.2) is 17.7 Å². The summed E-state index contributed by atoms with van der Waals surface area (Å²) in [5.74, 6) is 0.904. The fraction of sp³-hybridized carbons (Fsp3) is 0.0500. The Morgan fingerprint density at radius 2 is 2.07 bits per heavy atom. The predicted octanol–water partition coefficient (Wildman–Crippen LogP) is 4.04. The lowest BCUT2D eigenvalue weighted by Gasteiger charge is -2.08. The third-order valence-corrected chi connectivity index (χ3v) is 6.44. The van der Waals surface area contributed by atoms with Gasteiger partial charge in [0.15, 0.2) is 11.5 Å². The molecule has 30 heavy (non-hydrogen) atoms. The molecule has 0 atom stereocenters. The smallest absolute Gasteiger partial charge is 0.267 e. The number of fused-ring (bicyclic) bond motifs is 2. The largest absolute Gasteiger partial charge is 0.454 e. The number of aromatic nitrogens is 1. The number of nitrogens with one attached hydrogen (secondary N) is 1. The molecule has 1 aliphatic heterocycles. The summed E-state index contributed by atoms with van der Waals surface area (Å²) in [6, 6.07) is 9.12. The van der Waals surface area contributed by atoms with E-state index in [9.17, 15) is 10.1 Å². The molecule has 1 aromatic carbocycles. The topological polar surface area (TPSA) is 136 Å². The zero-order valence-corrected chi connectivity index (χ0v) is 16.9. The van der Waals surface area contributed by atoms with E-state index in [0.29, 0.717) is 37.8 Å². The number of nitrogens with zero attached hydrogens (tertiary/aromatic N) is 2. The lowest BCUT2D eigenvalue weighted by atomic mass is 9.99. The molecule has 10 heteroatoms. The van der Waals surface area contributed by atoms with Crippen LogP contribution in [0.4, 0.5) is 17.2 Å². The molecule has 0 aliphatic carbocycles. The van der Waals surface area contributed by atoms with Crippen LogP contribution in [0.2, 0.25) is 0 Å². The Labute approximate surface area is 178 Å². The van der Waals surface area contributed by atoms with Gasteiger partial charge in [0.2, 0.25) is 6.79 Å². The summed E-state index contributed by atoms with van der Waals surface area (Å²) in [6.45, 7) is 0.148. The van der Waals surface area contributed by atoms with Crippen molar-refractivity contribution in [2.45, 2.75) is 0 Å². The normalized spacial score (nSPS) is 12.1. The third kappa shape index (κ3) is 2.80. The van der Waals surface area contributed by atoms with Gasteiger partial charge >= 0.3 is 0 Å². The molecule has 0 unspecified atom stereocenters. The van der Waals surface area contributed by atoms with Crippen LogP contribution in [0.1, 0.15) is 15.2 Å². The van der Waals surface area contributed by atoms with Gasteiger partial charge in [-0.2, -0.15) is 16.6 Å². The molecule has 4 heterocycles. The first-order chi connectivity index (χ1) is 14.6. The number of ether oxygens (including phenoxy) is 2. The van der Waals surface area contributed by atoms with E-state index >= 15 is 0 Å². The van der Waals surface area contributed by atoms with Gasteiger partial charge in [0.25, 0.3) is 5.91 Å². The number of anilines is 3. The fourth-order valence-corrected chi connectivity index (χ4v) is 4.96. The number of nitrogen functional groups attached to an aromatic ring is 2. The van der Waals surface area contributed by atoms with Gasteiger partial charge in [-0.15, -0.1) is 11.3 Å². The summed E-state index contributed by atoms with van der Waals surface area (Å²) in [5.41, 5.74) is 14.9. The van der Waals surface area contributed by atoms with Crippen molar-refractivity contribution in [3.05, 3.63) is 45.5 Å². The monoisotopic (exact) mass is 435 g/mol. The first-order valence-electron chi connectivity index (χ1n) is 8.72. The molecule has 4 aromatic rings. The molecule has 1 amide bonds. The van der Waals surface area contributed by atoms with Crippen LogP contribution in [0.3, 0.4) is 0 Å². The molecule has 5 N–H and O–H groups in total. The van der Waals surface area contributed by atoms with Crippen LogP contribution >= 0.6 is 22.7 Å². The number of hydrogen-bond donors (Lipinski definition) is 3. The van der Waals surface area contributed by atoms with Gasteiger partial charge in [0.05, 0.1) is 5.69 Å². The molecule has 0 saturated heterocycles. The van der Waals surface area contributed by atoms with Gasteiger partial charge < -0.3 is 26.3 Å². The molecule has 8 nitrogen and oxygen atoms in total. The zero-order chi connectivity index (χ0) is 20.8. The van der Waals surface area contributed by atoms with Gasteiger partial charge in [-0.05, 0) is 34.5 Å². The standard InChI is InChI=1S/C20H13N5O3S2/c21-6-11-14(9-3-4-29-7-9)15-16(22)17(30-20(15)25-18(11)23)19(26)24-10-1-2-12-13(5-10)28-8-27-12/h1-5,7H,8,22H2,(H2,23,25)(H,24,26). The second kappa shape index (κ2) is 6.91. The summed E-state index contributed by atoms with van der Waals surface area (Å²) >= 11 is 2.62. The number of carbonyl (C=O) groups is 1. The second-order valence-electron chi connectivity index (χ2n) is 6.42. The Hall–Kier alpha value is -3.81. The SMILES string of the molecule is N#Cc1c(N)nc2sc(C(=O)Nc3ccc4c(c3)OCO4)c(N)c2c1-c1ccsc1. The highest BCUT2D eigenvalue weighted by Crippen LogP contribution is 2.43. The molecular formula is C20H13N5O3S2. The molecule has 0 saturated carbocycles. The van der Waals surface area contributed by atoms with Gasteiger partial charge in [0, 0.05) is 22.7 Å². The van der Waals surface area contributed by atoms with Crippen molar-refractivity contribution in [1.82, 2.24) is 4.98 Å². The predicted molar refractivity (Wildman–Crippen MR) is 117 cm³/mol. The molecule has 3 aromatic heterocycles. The van der Waals surface area contributed by atoms with Crippen LogP contribution in [0.15, 0.2) is 35.0 Å². The van der Waals surface area contributed by atoms with E-state index in [2.05, 4.69) is 16.4 Å². The summed E-state index contributed by atoms with van der Waals surface area (Å²) in [7, 11) is 0. The quantitative estimate of drug-likeness (QED) is 0.442. The molecular weight excluding hydrogens is 422 g/mol. The molecule has 0 spiro atoms. The number of benzene rings is 1. The third-order valence-electron chi connectivity index (χ3n) is 4.66. The molecule has 0 fully saturated rings. The van der Waals surface area contributed by atoms with E-state index in [4.69, 9.17) is 20.9 Å². The zero-order valence-electron chi connectivity index (χ0n) is 15.3. The van der Waals surface area contributed by atoms with Crippen LogP contribution in [0.5, 0.6) is 11.5 Å². The summed E-state index contributed by atoms with van der Waals surface area (Å²) in [6.07, 6.45) is 0. The molecule has 0 radical (unpaired) electrons. The number of amides is 1. The lowest BCUT2D eigenvalue weighted by Crippen LogP contribution is -2.11. The van der Waals surface area contributed by atoms with Gasteiger partial charge in [-0.25, -0.2) is 4.98 Å². The molecule has 148 valence electrons. The first-order valence-corrected chi connectivity index (χ1v) is 10.5. The number of nitriles is 1. The maximum atomic E-state index is 13.0. The Bertz CT molecular complexity index is 1360. The van der Waals surface area contributed by atoms with E-state index in [-0.39, 0.29) is 29.8 Å². The summed E-state index contributed by atoms with van der Waals surface area (Å²) < 4.78 is 10.6. The average Bonchev–Trinajstić information content (AvgIpc) is 3.47. The van der Waals surface area contributed by atoms with Gasteiger partial charge in [-0.3, -0.25) is 4.79 Å². The van der Waals surface area contributed by atoms with Crippen molar-refractivity contribution in [2.75, 3.05) is 23.6 Å². The summed E-state index contributed by atoms with van der Waals surface area (Å²) in [4.78, 5) is 18.1. The van der Waals surface area contributed by atoms with E-state index in [1.165, 1.54) is 11.3 Å². The average molecular weight is 435 g/mol. The Kier molecular flexibility index (Phi) is 4.20. The second-order valence-corrected chi connectivity index (χ2v) is 8.20. The minimum atomic E-state index is -0.386. The molecule has 1 aliphatic rings. The summed E-state index contributed by atoms with van der Waals surface area (Å²) in [5, 5.41) is 16.8. The maximum absolute atomic E-state index is 13.0. The van der Waals surface area contributed by atoms with E-state index in [1.54, 1.807) is 18.2 Å². The number of pyridine rings is 1. The van der Waals surface area contributed by atoms with E-state index in [0.717, 1.165) is 16.9 Å². The van der Waals surface area contributed by atoms with Crippen LogP contribution in [-0.2, 0) is 0 Å². The van der Waals surface area contributed by atoms with Crippen molar-refractivity contribution in [3.63, 3.8) is 0 Å². The van der Waals surface area contributed by atoms with Crippen LogP contribution in [0.25, 0.3) is 21.3 Å². The van der Waals surface area contributed by atoms with Gasteiger partial charge in [-0.1, -0.05) is 0 Å². The Balaban J connectivity index is 1.61. The minimum absolute atomic E-state index is 0.107. The fourth-order valence-electron chi connectivity index (χ4n) is 3.31. The highest BCUT2D eigenvalue weighted by Gasteiger charge is 2.25. The lowest BCUT2D eigenvalue weighted by molar-refractivity contribution is 0.103. The Morgan fingerprint density at radius 1 is 1.23 bits per heavy atom. The maximum Gasteiger partial charge on any atom is 0.267 e. The highest BCUT2D eigenvalue weighted by atomic mass is 32.1. The number of thiophene rings is 2.